The van der Waals surface area contributed by atoms with E-state index in [1.54, 1.807) is 18.2 Å². The molecule has 0 bridgehead atoms. The Balaban J connectivity index is 2.27. The van der Waals surface area contributed by atoms with Crippen LogP contribution in [0.3, 0.4) is 0 Å². The van der Waals surface area contributed by atoms with Crippen molar-refractivity contribution in [2.24, 2.45) is 0 Å². The van der Waals surface area contributed by atoms with E-state index in [4.69, 9.17) is 9.84 Å². The summed E-state index contributed by atoms with van der Waals surface area (Å²) in [5.41, 5.74) is 0.465. The van der Waals surface area contributed by atoms with Gasteiger partial charge in [-0.05, 0) is 46.3 Å². The maximum absolute atomic E-state index is 11.1. The van der Waals surface area contributed by atoms with Gasteiger partial charge in [-0.15, -0.1) is 0 Å². The molecule has 0 aliphatic rings. The lowest BCUT2D eigenvalue weighted by atomic mass is 10.2. The van der Waals surface area contributed by atoms with Crippen LogP contribution < -0.4 is 4.74 Å². The number of ketones is 1. The van der Waals surface area contributed by atoms with Crippen LogP contribution >= 0.6 is 15.9 Å². The number of benzene rings is 1. The van der Waals surface area contributed by atoms with Crippen LogP contribution in [0.15, 0.2) is 41.0 Å². The molecule has 102 valence electrons. The first-order chi connectivity index (χ1) is 9.47. The van der Waals surface area contributed by atoms with Crippen LogP contribution in [-0.4, -0.2) is 21.8 Å². The summed E-state index contributed by atoms with van der Waals surface area (Å²) in [6.45, 7) is 1.43. The fourth-order valence-corrected chi connectivity index (χ4v) is 1.82. The predicted octanol–water partition coefficient (Wildman–Crippen LogP) is 3.54. The van der Waals surface area contributed by atoms with Gasteiger partial charge in [0, 0.05) is 6.92 Å². The second-order valence-corrected chi connectivity index (χ2v) is 4.84. The molecule has 0 spiro atoms. The van der Waals surface area contributed by atoms with E-state index in [0.717, 1.165) is 0 Å². The van der Waals surface area contributed by atoms with Crippen LogP contribution in [0.2, 0.25) is 0 Å². The molecule has 0 aliphatic heterocycles. The number of aromatic nitrogens is 1. The van der Waals surface area contributed by atoms with E-state index in [0.29, 0.717) is 21.7 Å². The van der Waals surface area contributed by atoms with Crippen LogP contribution in [-0.2, 0) is 0 Å². The number of Topliss-reactive ketones (excluding diaryl/α,β-unsaturated/α-hetero) is 1. The molecule has 1 N–H and O–H groups in total. The van der Waals surface area contributed by atoms with Gasteiger partial charge in [-0.2, -0.15) is 0 Å². The SMILES string of the molecule is CC(=O)c1ccc(Oc2cc(C(=O)O)ccc2Br)cn1. The van der Waals surface area contributed by atoms with Crippen LogP contribution in [0.4, 0.5) is 0 Å². The van der Waals surface area contributed by atoms with Crippen molar-refractivity contribution in [3.05, 3.63) is 52.3 Å². The van der Waals surface area contributed by atoms with Crippen LogP contribution in [0.25, 0.3) is 0 Å². The molecule has 20 heavy (non-hydrogen) atoms. The number of hydrogen-bond acceptors (Lipinski definition) is 4. The largest absolute Gasteiger partial charge is 0.478 e. The van der Waals surface area contributed by atoms with E-state index in [2.05, 4.69) is 20.9 Å². The van der Waals surface area contributed by atoms with E-state index >= 15 is 0 Å². The van der Waals surface area contributed by atoms with E-state index in [1.165, 1.54) is 25.3 Å². The third-order valence-corrected chi connectivity index (χ3v) is 3.16. The fraction of sp³-hybridized carbons (Fsp3) is 0.0714. The third kappa shape index (κ3) is 3.21. The molecule has 5 nitrogen and oxygen atoms in total. The highest BCUT2D eigenvalue weighted by Gasteiger charge is 2.09. The van der Waals surface area contributed by atoms with E-state index in [-0.39, 0.29) is 11.3 Å². The van der Waals surface area contributed by atoms with Gasteiger partial charge >= 0.3 is 5.97 Å². The van der Waals surface area contributed by atoms with E-state index in [9.17, 15) is 9.59 Å². The Labute approximate surface area is 123 Å². The van der Waals surface area contributed by atoms with Crippen LogP contribution in [0, 0.1) is 0 Å². The van der Waals surface area contributed by atoms with Gasteiger partial charge in [0.05, 0.1) is 16.2 Å². The lowest BCUT2D eigenvalue weighted by Gasteiger charge is -2.08. The van der Waals surface area contributed by atoms with Crippen molar-refractivity contribution >= 4 is 27.7 Å². The second kappa shape index (κ2) is 5.83. The lowest BCUT2D eigenvalue weighted by molar-refractivity contribution is 0.0696. The summed E-state index contributed by atoms with van der Waals surface area (Å²) >= 11 is 3.28. The fourth-order valence-electron chi connectivity index (χ4n) is 1.49. The van der Waals surface area contributed by atoms with E-state index < -0.39 is 5.97 Å². The average molecular weight is 336 g/mol. The molecule has 0 fully saturated rings. The normalized spacial score (nSPS) is 10.1. The minimum absolute atomic E-state index is 0.122. The number of pyridine rings is 1. The maximum atomic E-state index is 11.1. The Morgan fingerprint density at radius 1 is 1.25 bits per heavy atom. The third-order valence-electron chi connectivity index (χ3n) is 2.50. The van der Waals surface area contributed by atoms with Crippen molar-refractivity contribution in [3.63, 3.8) is 0 Å². The molecule has 0 atom stereocenters. The minimum Gasteiger partial charge on any atom is -0.478 e. The molecular weight excluding hydrogens is 326 g/mol. The number of carboxylic acid groups (broad SMARTS) is 1. The van der Waals surface area contributed by atoms with Crippen molar-refractivity contribution in [2.75, 3.05) is 0 Å². The Morgan fingerprint density at radius 2 is 2.00 bits per heavy atom. The van der Waals surface area contributed by atoms with Crippen molar-refractivity contribution in [1.29, 1.82) is 0 Å². The van der Waals surface area contributed by atoms with Gasteiger partial charge in [-0.25, -0.2) is 9.78 Å². The number of carboxylic acids is 1. The summed E-state index contributed by atoms with van der Waals surface area (Å²) in [5, 5.41) is 8.94. The smallest absolute Gasteiger partial charge is 0.335 e. The second-order valence-electron chi connectivity index (χ2n) is 3.99. The number of hydrogen-bond donors (Lipinski definition) is 1. The summed E-state index contributed by atoms with van der Waals surface area (Å²) in [5.74, 6) is -0.390. The molecule has 2 rings (SSSR count). The molecule has 0 saturated heterocycles. The van der Waals surface area contributed by atoms with Crippen LogP contribution in [0.1, 0.15) is 27.8 Å². The Kier molecular flexibility index (Phi) is 4.14. The zero-order valence-electron chi connectivity index (χ0n) is 10.5. The molecule has 0 amide bonds. The van der Waals surface area contributed by atoms with Gasteiger partial charge < -0.3 is 9.84 Å². The summed E-state index contributed by atoms with van der Waals surface area (Å²) in [7, 11) is 0. The minimum atomic E-state index is -1.03. The first-order valence-corrected chi connectivity index (χ1v) is 6.44. The number of carbonyl (C=O) groups is 2. The topological polar surface area (TPSA) is 76.5 Å². The standard InChI is InChI=1S/C14H10BrNO4/c1-8(17)12-5-3-10(7-16-12)20-13-6-9(14(18)19)2-4-11(13)15/h2-7H,1H3,(H,18,19). The lowest BCUT2D eigenvalue weighted by Crippen LogP contribution is -1.98. The molecule has 2 aromatic rings. The van der Waals surface area contributed by atoms with Crippen molar-refractivity contribution in [2.45, 2.75) is 6.92 Å². The molecule has 1 aromatic carbocycles. The zero-order valence-corrected chi connectivity index (χ0v) is 12.0. The Bertz CT molecular complexity index is 667. The molecule has 0 saturated carbocycles. The molecule has 0 radical (unpaired) electrons. The van der Waals surface area contributed by atoms with Gasteiger partial charge in [-0.3, -0.25) is 4.79 Å². The summed E-state index contributed by atoms with van der Waals surface area (Å²) in [4.78, 5) is 26.0. The molecule has 0 aliphatic carbocycles. The van der Waals surface area contributed by atoms with Gasteiger partial charge in [0.2, 0.25) is 0 Å². The molecule has 0 unspecified atom stereocenters. The van der Waals surface area contributed by atoms with Gasteiger partial charge in [0.25, 0.3) is 0 Å². The summed E-state index contributed by atoms with van der Waals surface area (Å²) < 4.78 is 6.17. The first kappa shape index (κ1) is 14.2. The first-order valence-electron chi connectivity index (χ1n) is 5.65. The summed E-state index contributed by atoms with van der Waals surface area (Å²) in [6.07, 6.45) is 1.41. The quantitative estimate of drug-likeness (QED) is 0.864. The molecule has 1 heterocycles. The van der Waals surface area contributed by atoms with Gasteiger partial charge in [-0.1, -0.05) is 0 Å². The highest BCUT2D eigenvalue weighted by molar-refractivity contribution is 9.10. The predicted molar refractivity (Wildman–Crippen MR) is 75.4 cm³/mol. The Morgan fingerprint density at radius 3 is 2.55 bits per heavy atom. The van der Waals surface area contributed by atoms with Gasteiger partial charge in [0.15, 0.2) is 5.78 Å². The number of halogens is 1. The maximum Gasteiger partial charge on any atom is 0.335 e. The monoisotopic (exact) mass is 335 g/mol. The van der Waals surface area contributed by atoms with E-state index in [1.807, 2.05) is 0 Å². The highest BCUT2D eigenvalue weighted by Crippen LogP contribution is 2.30. The van der Waals surface area contributed by atoms with Crippen molar-refractivity contribution in [1.82, 2.24) is 4.98 Å². The number of ether oxygens (including phenoxy) is 1. The molecular formula is C14H10BrNO4. The van der Waals surface area contributed by atoms with Crippen molar-refractivity contribution in [3.8, 4) is 11.5 Å². The zero-order chi connectivity index (χ0) is 14.7. The number of carbonyl (C=O) groups excluding carboxylic acids is 1. The molecule has 6 heteroatoms. The average Bonchev–Trinajstić information content (AvgIpc) is 2.41. The van der Waals surface area contributed by atoms with Crippen molar-refractivity contribution < 1.29 is 19.4 Å². The highest BCUT2D eigenvalue weighted by atomic mass is 79.9. The molecule has 1 aromatic heterocycles. The summed E-state index contributed by atoms with van der Waals surface area (Å²) in [6, 6.07) is 7.62. The Hall–Kier alpha value is -2.21. The number of aromatic carboxylic acids is 1. The van der Waals surface area contributed by atoms with Crippen LogP contribution in [0.5, 0.6) is 11.5 Å². The van der Waals surface area contributed by atoms with Gasteiger partial charge in [0.1, 0.15) is 17.2 Å². The number of rotatable bonds is 4. The number of nitrogens with zero attached hydrogens (tertiary/aromatic N) is 1.